The molecule has 1 aromatic rings. The van der Waals surface area contributed by atoms with Crippen molar-refractivity contribution in [2.75, 3.05) is 14.2 Å². The number of nitrogens with two attached hydrogens (primary N) is 1. The number of hydrogen-bond donors (Lipinski definition) is 1. The molecule has 0 saturated carbocycles. The second kappa shape index (κ2) is 6.20. The van der Waals surface area contributed by atoms with Gasteiger partial charge < -0.3 is 15.2 Å². The van der Waals surface area contributed by atoms with Gasteiger partial charge in [0.1, 0.15) is 0 Å². The summed E-state index contributed by atoms with van der Waals surface area (Å²) in [4.78, 5) is 10.6. The van der Waals surface area contributed by atoms with E-state index in [1.807, 2.05) is 6.92 Å². The average molecular weight is 254 g/mol. The Labute approximate surface area is 106 Å². The van der Waals surface area contributed by atoms with E-state index in [4.69, 9.17) is 15.2 Å². The Balaban J connectivity index is 3.24. The first-order valence-electron chi connectivity index (χ1n) is 5.68. The minimum absolute atomic E-state index is 0.0107. The van der Waals surface area contributed by atoms with Crippen molar-refractivity contribution in [2.45, 2.75) is 25.8 Å². The van der Waals surface area contributed by atoms with Gasteiger partial charge in [0.25, 0.3) is 5.69 Å². The molecule has 1 unspecified atom stereocenters. The second-order valence-electron chi connectivity index (χ2n) is 3.97. The highest BCUT2D eigenvalue weighted by Crippen LogP contribution is 2.35. The smallest absolute Gasteiger partial charge is 0.276 e. The van der Waals surface area contributed by atoms with Gasteiger partial charge in [-0.3, -0.25) is 10.1 Å². The zero-order valence-corrected chi connectivity index (χ0v) is 10.8. The molecule has 0 radical (unpaired) electrons. The average Bonchev–Trinajstić information content (AvgIpc) is 2.37. The number of methoxy groups -OCH3 is 2. The van der Waals surface area contributed by atoms with Crippen LogP contribution in [0.4, 0.5) is 5.69 Å². The molecule has 0 heterocycles. The molecule has 0 aliphatic rings. The normalized spacial score (nSPS) is 12.0. The summed E-state index contributed by atoms with van der Waals surface area (Å²) in [5, 5.41) is 11.0. The van der Waals surface area contributed by atoms with Gasteiger partial charge in [0.15, 0.2) is 11.5 Å². The van der Waals surface area contributed by atoms with Crippen molar-refractivity contribution in [1.29, 1.82) is 0 Å². The molecule has 0 bridgehead atoms. The Bertz CT molecular complexity index is 434. The molecular formula is C12H18N2O4. The number of ether oxygens (including phenoxy) is 2. The molecule has 1 rings (SSSR count). The third-order valence-electron chi connectivity index (χ3n) is 2.79. The summed E-state index contributed by atoms with van der Waals surface area (Å²) < 4.78 is 10.2. The summed E-state index contributed by atoms with van der Waals surface area (Å²) in [6.07, 6.45) is 1.19. The van der Waals surface area contributed by atoms with Gasteiger partial charge in [-0.2, -0.15) is 0 Å². The number of benzene rings is 1. The zero-order chi connectivity index (χ0) is 13.7. The van der Waals surface area contributed by atoms with Crippen LogP contribution in [0, 0.1) is 10.1 Å². The van der Waals surface area contributed by atoms with Crippen LogP contribution >= 0.6 is 0 Å². The summed E-state index contributed by atoms with van der Waals surface area (Å²) >= 11 is 0. The lowest BCUT2D eigenvalue weighted by atomic mass is 10.0. The molecule has 0 aliphatic carbocycles. The zero-order valence-electron chi connectivity index (χ0n) is 10.8. The van der Waals surface area contributed by atoms with E-state index in [2.05, 4.69) is 0 Å². The second-order valence-corrected chi connectivity index (χ2v) is 3.97. The summed E-state index contributed by atoms with van der Waals surface area (Å²) in [6.45, 7) is 1.94. The van der Waals surface area contributed by atoms with Crippen molar-refractivity contribution in [3.63, 3.8) is 0 Å². The molecular weight excluding hydrogens is 236 g/mol. The van der Waals surface area contributed by atoms with Crippen LogP contribution in [0.15, 0.2) is 12.1 Å². The lowest BCUT2D eigenvalue weighted by Gasteiger charge is -2.13. The lowest BCUT2D eigenvalue weighted by molar-refractivity contribution is -0.385. The Morgan fingerprint density at radius 2 is 1.89 bits per heavy atom. The largest absolute Gasteiger partial charge is 0.493 e. The predicted molar refractivity (Wildman–Crippen MR) is 68.2 cm³/mol. The predicted octanol–water partition coefficient (Wildman–Crippen LogP) is 1.89. The van der Waals surface area contributed by atoms with Crippen molar-refractivity contribution in [3.05, 3.63) is 27.8 Å². The SMILES string of the molecule is CCC(N)Cc1cc(OC)c(OC)cc1[N+](=O)[O-]. The molecule has 6 heteroatoms. The third kappa shape index (κ3) is 3.10. The van der Waals surface area contributed by atoms with E-state index in [1.54, 1.807) is 6.07 Å². The Morgan fingerprint density at radius 1 is 1.33 bits per heavy atom. The number of hydrogen-bond acceptors (Lipinski definition) is 5. The van der Waals surface area contributed by atoms with E-state index >= 15 is 0 Å². The van der Waals surface area contributed by atoms with E-state index in [9.17, 15) is 10.1 Å². The molecule has 2 N–H and O–H groups in total. The van der Waals surface area contributed by atoms with E-state index in [-0.39, 0.29) is 11.7 Å². The third-order valence-corrected chi connectivity index (χ3v) is 2.79. The van der Waals surface area contributed by atoms with Crippen LogP contribution in [-0.4, -0.2) is 25.2 Å². The maximum absolute atomic E-state index is 11.0. The van der Waals surface area contributed by atoms with E-state index in [0.29, 0.717) is 23.5 Å². The van der Waals surface area contributed by atoms with Crippen molar-refractivity contribution in [1.82, 2.24) is 0 Å². The van der Waals surface area contributed by atoms with Gasteiger partial charge >= 0.3 is 0 Å². The Morgan fingerprint density at radius 3 is 2.33 bits per heavy atom. The van der Waals surface area contributed by atoms with Crippen LogP contribution < -0.4 is 15.2 Å². The molecule has 6 nitrogen and oxygen atoms in total. The fourth-order valence-corrected chi connectivity index (χ4v) is 1.67. The van der Waals surface area contributed by atoms with Gasteiger partial charge in [0.2, 0.25) is 0 Å². The first-order chi connectivity index (χ1) is 8.53. The minimum atomic E-state index is -0.431. The van der Waals surface area contributed by atoms with E-state index in [0.717, 1.165) is 6.42 Å². The standard InChI is InChI=1S/C12H18N2O4/c1-4-9(13)5-8-6-11(17-2)12(18-3)7-10(8)14(15)16/h6-7,9H,4-5,13H2,1-3H3. The quantitative estimate of drug-likeness (QED) is 0.618. The van der Waals surface area contributed by atoms with Crippen LogP contribution in [0.3, 0.4) is 0 Å². The fourth-order valence-electron chi connectivity index (χ4n) is 1.67. The van der Waals surface area contributed by atoms with Crippen molar-refractivity contribution < 1.29 is 14.4 Å². The molecule has 0 saturated heterocycles. The molecule has 100 valence electrons. The summed E-state index contributed by atoms with van der Waals surface area (Å²) in [5.74, 6) is 0.819. The summed E-state index contributed by atoms with van der Waals surface area (Å²) in [7, 11) is 2.94. The van der Waals surface area contributed by atoms with Crippen LogP contribution in [-0.2, 0) is 6.42 Å². The number of nitrogens with zero attached hydrogens (tertiary/aromatic N) is 1. The lowest BCUT2D eigenvalue weighted by Crippen LogP contribution is -2.22. The van der Waals surface area contributed by atoms with Crippen molar-refractivity contribution in [3.8, 4) is 11.5 Å². The molecule has 0 amide bonds. The van der Waals surface area contributed by atoms with Gasteiger partial charge in [-0.15, -0.1) is 0 Å². The van der Waals surface area contributed by atoms with E-state index < -0.39 is 4.92 Å². The van der Waals surface area contributed by atoms with Gasteiger partial charge in [0.05, 0.1) is 25.2 Å². The van der Waals surface area contributed by atoms with Gasteiger partial charge in [-0.1, -0.05) is 6.92 Å². The molecule has 0 spiro atoms. The summed E-state index contributed by atoms with van der Waals surface area (Å²) in [6, 6.07) is 2.88. The first-order valence-corrected chi connectivity index (χ1v) is 5.68. The number of nitro benzene ring substituents is 1. The van der Waals surface area contributed by atoms with Crippen LogP contribution in [0.2, 0.25) is 0 Å². The molecule has 0 aliphatic heterocycles. The number of nitro groups is 1. The fraction of sp³-hybridized carbons (Fsp3) is 0.500. The van der Waals surface area contributed by atoms with Gasteiger partial charge in [-0.05, 0) is 18.9 Å². The molecule has 0 fully saturated rings. The van der Waals surface area contributed by atoms with Crippen molar-refractivity contribution >= 4 is 5.69 Å². The van der Waals surface area contributed by atoms with Gasteiger partial charge in [-0.25, -0.2) is 0 Å². The maximum atomic E-state index is 11.0. The van der Waals surface area contributed by atoms with Crippen molar-refractivity contribution in [2.24, 2.45) is 5.73 Å². The highest BCUT2D eigenvalue weighted by molar-refractivity contribution is 5.54. The van der Waals surface area contributed by atoms with E-state index in [1.165, 1.54) is 20.3 Å². The molecule has 1 atom stereocenters. The molecule has 18 heavy (non-hydrogen) atoms. The highest BCUT2D eigenvalue weighted by Gasteiger charge is 2.20. The topological polar surface area (TPSA) is 87.6 Å². The summed E-state index contributed by atoms with van der Waals surface area (Å²) in [5.41, 5.74) is 6.41. The Kier molecular flexibility index (Phi) is 4.91. The van der Waals surface area contributed by atoms with Crippen LogP contribution in [0.1, 0.15) is 18.9 Å². The van der Waals surface area contributed by atoms with Gasteiger partial charge in [0, 0.05) is 11.6 Å². The van der Waals surface area contributed by atoms with Crippen LogP contribution in [0.25, 0.3) is 0 Å². The molecule has 0 aromatic heterocycles. The Hall–Kier alpha value is -1.82. The number of rotatable bonds is 6. The monoisotopic (exact) mass is 254 g/mol. The highest BCUT2D eigenvalue weighted by atomic mass is 16.6. The first kappa shape index (κ1) is 14.2. The maximum Gasteiger partial charge on any atom is 0.276 e. The van der Waals surface area contributed by atoms with Crippen LogP contribution in [0.5, 0.6) is 11.5 Å². The minimum Gasteiger partial charge on any atom is -0.493 e. The molecule has 1 aromatic carbocycles.